The maximum absolute atomic E-state index is 5.40. The molecule has 1 N–H and O–H groups in total. The summed E-state index contributed by atoms with van der Waals surface area (Å²) in [6.45, 7) is 7.30. The molecule has 0 saturated heterocycles. The van der Waals surface area contributed by atoms with Crippen LogP contribution in [-0.4, -0.2) is 6.54 Å². The van der Waals surface area contributed by atoms with Crippen molar-refractivity contribution in [3.63, 3.8) is 0 Å². The summed E-state index contributed by atoms with van der Waals surface area (Å²) < 4.78 is 0. The van der Waals surface area contributed by atoms with E-state index in [1.165, 1.54) is 16.7 Å². The Bertz CT molecular complexity index is 360. The van der Waals surface area contributed by atoms with Gasteiger partial charge >= 0.3 is 0 Å². The van der Waals surface area contributed by atoms with Crippen LogP contribution < -0.4 is 5.32 Å². The number of nitrogens with one attached hydrogen (secondary N) is 1. The Morgan fingerprint density at radius 2 is 2.13 bits per heavy atom. The Labute approximate surface area is 92.9 Å². The molecule has 1 heteroatoms. The molecule has 0 spiro atoms. The highest BCUT2D eigenvalue weighted by Crippen LogP contribution is 2.21. The van der Waals surface area contributed by atoms with E-state index in [2.05, 4.69) is 50.2 Å². The zero-order valence-corrected chi connectivity index (χ0v) is 9.80. The summed E-state index contributed by atoms with van der Waals surface area (Å²) in [6.07, 6.45) is 6.14. The Morgan fingerprint density at radius 3 is 2.73 bits per heavy atom. The molecule has 0 saturated carbocycles. The van der Waals surface area contributed by atoms with Gasteiger partial charge in [0.2, 0.25) is 0 Å². The molecule has 1 rings (SSSR count). The van der Waals surface area contributed by atoms with Crippen molar-refractivity contribution in [1.29, 1.82) is 0 Å². The molecule has 1 nitrogen and oxygen atoms in total. The molecule has 80 valence electrons. The zero-order valence-electron chi connectivity index (χ0n) is 9.80. The van der Waals surface area contributed by atoms with Gasteiger partial charge in [0.25, 0.3) is 0 Å². The first-order chi connectivity index (χ1) is 7.19. The van der Waals surface area contributed by atoms with E-state index in [0.29, 0.717) is 6.04 Å². The highest BCUT2D eigenvalue weighted by Gasteiger charge is 2.11. The third kappa shape index (κ3) is 3.11. The van der Waals surface area contributed by atoms with Gasteiger partial charge in [-0.25, -0.2) is 0 Å². The second kappa shape index (κ2) is 5.58. The minimum Gasteiger partial charge on any atom is -0.309 e. The molecule has 15 heavy (non-hydrogen) atoms. The monoisotopic (exact) mass is 201 g/mol. The third-order valence-corrected chi connectivity index (χ3v) is 2.58. The molecular formula is C14H19N. The van der Waals surface area contributed by atoms with Crippen LogP contribution in [0.5, 0.6) is 0 Å². The highest BCUT2D eigenvalue weighted by molar-refractivity contribution is 5.33. The summed E-state index contributed by atoms with van der Waals surface area (Å²) in [5, 5.41) is 3.43. The largest absolute Gasteiger partial charge is 0.309 e. The van der Waals surface area contributed by atoms with Crippen LogP contribution in [0.25, 0.3) is 0 Å². The summed E-state index contributed by atoms with van der Waals surface area (Å²) in [6, 6.07) is 6.81. The molecule has 0 bridgehead atoms. The molecule has 0 amide bonds. The van der Waals surface area contributed by atoms with E-state index in [4.69, 9.17) is 6.42 Å². The van der Waals surface area contributed by atoms with Gasteiger partial charge in [0.15, 0.2) is 0 Å². The maximum atomic E-state index is 5.40. The second-order valence-corrected chi connectivity index (χ2v) is 3.88. The van der Waals surface area contributed by atoms with Crippen molar-refractivity contribution >= 4 is 0 Å². The fourth-order valence-corrected chi connectivity index (χ4v) is 1.79. The van der Waals surface area contributed by atoms with E-state index >= 15 is 0 Å². The van der Waals surface area contributed by atoms with Gasteiger partial charge in [-0.1, -0.05) is 30.7 Å². The fourth-order valence-electron chi connectivity index (χ4n) is 1.79. The van der Waals surface area contributed by atoms with E-state index in [1.54, 1.807) is 0 Å². The van der Waals surface area contributed by atoms with Crippen LogP contribution in [0.15, 0.2) is 18.2 Å². The Kier molecular flexibility index (Phi) is 4.39. The van der Waals surface area contributed by atoms with Gasteiger partial charge in [0.1, 0.15) is 0 Å². The van der Waals surface area contributed by atoms with Gasteiger partial charge in [-0.2, -0.15) is 0 Å². The van der Waals surface area contributed by atoms with Crippen LogP contribution in [0.2, 0.25) is 0 Å². The quantitative estimate of drug-likeness (QED) is 0.738. The molecule has 0 aliphatic heterocycles. The van der Waals surface area contributed by atoms with Crippen LogP contribution in [0, 0.1) is 26.2 Å². The molecular weight excluding hydrogens is 182 g/mol. The molecule has 0 heterocycles. The first-order valence-corrected chi connectivity index (χ1v) is 5.43. The predicted molar refractivity (Wildman–Crippen MR) is 65.8 cm³/mol. The van der Waals surface area contributed by atoms with Gasteiger partial charge in [0, 0.05) is 12.5 Å². The smallest absolute Gasteiger partial charge is 0.0433 e. The van der Waals surface area contributed by atoms with Crippen LogP contribution in [0.4, 0.5) is 0 Å². The predicted octanol–water partition coefficient (Wildman–Crippen LogP) is 2.98. The van der Waals surface area contributed by atoms with Gasteiger partial charge in [-0.3, -0.25) is 0 Å². The molecule has 0 fully saturated rings. The lowest BCUT2D eigenvalue weighted by molar-refractivity contribution is 0.562. The van der Waals surface area contributed by atoms with Gasteiger partial charge < -0.3 is 5.32 Å². The SMILES string of the molecule is C#CCC(NCC)c1cc(C)ccc1C. The van der Waals surface area contributed by atoms with Crippen molar-refractivity contribution in [2.45, 2.75) is 33.2 Å². The molecule has 0 aromatic heterocycles. The van der Waals surface area contributed by atoms with Crippen molar-refractivity contribution in [2.24, 2.45) is 0 Å². The van der Waals surface area contributed by atoms with Crippen molar-refractivity contribution in [1.82, 2.24) is 5.32 Å². The van der Waals surface area contributed by atoms with Crippen molar-refractivity contribution in [2.75, 3.05) is 6.54 Å². The lowest BCUT2D eigenvalue weighted by atomic mass is 9.97. The van der Waals surface area contributed by atoms with E-state index < -0.39 is 0 Å². The van der Waals surface area contributed by atoms with Crippen molar-refractivity contribution in [3.8, 4) is 12.3 Å². The minimum absolute atomic E-state index is 0.292. The van der Waals surface area contributed by atoms with Crippen molar-refractivity contribution in [3.05, 3.63) is 34.9 Å². The molecule has 1 aromatic rings. The standard InChI is InChI=1S/C14H19N/c1-5-7-14(15-6-2)13-10-11(3)8-9-12(13)4/h1,8-10,14-15H,6-7H2,2-4H3. The summed E-state index contributed by atoms with van der Waals surface area (Å²) >= 11 is 0. The first kappa shape index (κ1) is 11.8. The average Bonchev–Trinajstić information content (AvgIpc) is 2.21. The summed E-state index contributed by atoms with van der Waals surface area (Å²) in [5.74, 6) is 2.74. The molecule has 1 atom stereocenters. The zero-order chi connectivity index (χ0) is 11.3. The summed E-state index contributed by atoms with van der Waals surface area (Å²) in [7, 11) is 0. The van der Waals surface area contributed by atoms with Crippen LogP contribution in [0.1, 0.15) is 36.1 Å². The molecule has 0 aliphatic carbocycles. The first-order valence-electron chi connectivity index (χ1n) is 5.43. The topological polar surface area (TPSA) is 12.0 Å². The third-order valence-electron chi connectivity index (χ3n) is 2.58. The number of hydrogen-bond acceptors (Lipinski definition) is 1. The number of rotatable bonds is 4. The van der Waals surface area contributed by atoms with Crippen LogP contribution in [0.3, 0.4) is 0 Å². The minimum atomic E-state index is 0.292. The van der Waals surface area contributed by atoms with Gasteiger partial charge in [-0.05, 0) is 31.5 Å². The summed E-state index contributed by atoms with van der Waals surface area (Å²) in [5.41, 5.74) is 3.92. The van der Waals surface area contributed by atoms with Crippen LogP contribution >= 0.6 is 0 Å². The molecule has 1 unspecified atom stereocenters. The average molecular weight is 201 g/mol. The van der Waals surface area contributed by atoms with Crippen molar-refractivity contribution < 1.29 is 0 Å². The van der Waals surface area contributed by atoms with Gasteiger partial charge in [0.05, 0.1) is 0 Å². The van der Waals surface area contributed by atoms with E-state index in [-0.39, 0.29) is 0 Å². The second-order valence-electron chi connectivity index (χ2n) is 3.88. The number of benzene rings is 1. The van der Waals surface area contributed by atoms with Crippen LogP contribution in [-0.2, 0) is 0 Å². The highest BCUT2D eigenvalue weighted by atomic mass is 14.9. The Hall–Kier alpha value is -1.26. The molecule has 0 radical (unpaired) electrons. The number of terminal acetylenes is 1. The van der Waals surface area contributed by atoms with Gasteiger partial charge in [-0.15, -0.1) is 12.3 Å². The Morgan fingerprint density at radius 1 is 1.40 bits per heavy atom. The normalized spacial score (nSPS) is 12.1. The summed E-state index contributed by atoms with van der Waals surface area (Å²) in [4.78, 5) is 0. The molecule has 0 aliphatic rings. The Balaban J connectivity index is 2.99. The molecule has 1 aromatic carbocycles. The van der Waals surface area contributed by atoms with E-state index in [0.717, 1.165) is 13.0 Å². The fraction of sp³-hybridized carbons (Fsp3) is 0.429. The maximum Gasteiger partial charge on any atom is 0.0433 e. The lowest BCUT2D eigenvalue weighted by Gasteiger charge is -2.18. The lowest BCUT2D eigenvalue weighted by Crippen LogP contribution is -2.21. The number of aryl methyl sites for hydroxylation is 2. The number of hydrogen-bond donors (Lipinski definition) is 1. The van der Waals surface area contributed by atoms with E-state index in [1.807, 2.05) is 0 Å². The van der Waals surface area contributed by atoms with E-state index in [9.17, 15) is 0 Å².